The van der Waals surface area contributed by atoms with E-state index in [-0.39, 0.29) is 5.91 Å². The summed E-state index contributed by atoms with van der Waals surface area (Å²) in [5, 5.41) is 4.02. The molecule has 1 N–H and O–H groups in total. The summed E-state index contributed by atoms with van der Waals surface area (Å²) in [6, 6.07) is 23.2. The van der Waals surface area contributed by atoms with Gasteiger partial charge in [0.1, 0.15) is 12.4 Å². The fourth-order valence-electron chi connectivity index (χ4n) is 2.37. The SMILES string of the molecule is Cc1ccc(COc2ccc(/C=N/NC(=O)c3ccccc3I)cc2)cc1. The number of rotatable bonds is 6. The number of hydrogen-bond donors (Lipinski definition) is 1. The van der Waals surface area contributed by atoms with Gasteiger partial charge in [0.25, 0.3) is 5.91 Å². The topological polar surface area (TPSA) is 50.7 Å². The average Bonchev–Trinajstić information content (AvgIpc) is 2.69. The largest absolute Gasteiger partial charge is 0.489 e. The van der Waals surface area contributed by atoms with Crippen LogP contribution >= 0.6 is 22.6 Å². The van der Waals surface area contributed by atoms with Crippen molar-refractivity contribution in [3.63, 3.8) is 0 Å². The van der Waals surface area contributed by atoms with Crippen molar-refractivity contribution in [2.45, 2.75) is 13.5 Å². The van der Waals surface area contributed by atoms with Crippen LogP contribution in [0.5, 0.6) is 5.75 Å². The molecule has 0 fully saturated rings. The minimum atomic E-state index is -0.227. The molecule has 1 amide bonds. The predicted octanol–water partition coefficient (Wildman–Crippen LogP) is 4.94. The maximum Gasteiger partial charge on any atom is 0.272 e. The predicted molar refractivity (Wildman–Crippen MR) is 116 cm³/mol. The van der Waals surface area contributed by atoms with Gasteiger partial charge in [-0.25, -0.2) is 5.43 Å². The van der Waals surface area contributed by atoms with Crippen molar-refractivity contribution in [3.05, 3.63) is 98.6 Å². The number of benzene rings is 3. The zero-order chi connectivity index (χ0) is 19.1. The van der Waals surface area contributed by atoms with Crippen LogP contribution in [0.4, 0.5) is 0 Å². The summed E-state index contributed by atoms with van der Waals surface area (Å²) in [4.78, 5) is 12.1. The number of carbonyl (C=O) groups excluding carboxylic acids is 1. The maximum atomic E-state index is 12.1. The molecule has 0 spiro atoms. The Hall–Kier alpha value is -2.67. The molecule has 3 rings (SSSR count). The number of halogens is 1. The number of carbonyl (C=O) groups is 1. The molecule has 3 aromatic rings. The summed E-state index contributed by atoms with van der Waals surface area (Å²) < 4.78 is 6.67. The van der Waals surface area contributed by atoms with Gasteiger partial charge in [-0.15, -0.1) is 0 Å². The lowest BCUT2D eigenvalue weighted by molar-refractivity contribution is 0.0954. The Labute approximate surface area is 172 Å². The highest BCUT2D eigenvalue weighted by Crippen LogP contribution is 2.14. The van der Waals surface area contributed by atoms with E-state index in [9.17, 15) is 4.79 Å². The van der Waals surface area contributed by atoms with E-state index < -0.39 is 0 Å². The first kappa shape index (κ1) is 19.1. The average molecular weight is 470 g/mol. The molecule has 27 heavy (non-hydrogen) atoms. The molecule has 0 atom stereocenters. The third-order valence-corrected chi connectivity index (χ3v) is 4.85. The summed E-state index contributed by atoms with van der Waals surface area (Å²) in [7, 11) is 0. The lowest BCUT2D eigenvalue weighted by atomic mass is 10.2. The minimum Gasteiger partial charge on any atom is -0.489 e. The number of nitrogens with zero attached hydrogens (tertiary/aromatic N) is 1. The monoisotopic (exact) mass is 470 g/mol. The smallest absolute Gasteiger partial charge is 0.272 e. The van der Waals surface area contributed by atoms with Gasteiger partial charge in [-0.05, 0) is 77.0 Å². The summed E-state index contributed by atoms with van der Waals surface area (Å²) in [6.07, 6.45) is 1.61. The molecule has 0 saturated heterocycles. The first-order chi connectivity index (χ1) is 13.1. The highest BCUT2D eigenvalue weighted by Gasteiger charge is 2.07. The maximum absolute atomic E-state index is 12.1. The van der Waals surface area contributed by atoms with Gasteiger partial charge >= 0.3 is 0 Å². The summed E-state index contributed by atoms with van der Waals surface area (Å²) in [5.41, 5.74) is 6.39. The molecule has 4 nitrogen and oxygen atoms in total. The van der Waals surface area contributed by atoms with E-state index in [1.165, 1.54) is 5.56 Å². The van der Waals surface area contributed by atoms with Crippen LogP contribution in [0.1, 0.15) is 27.0 Å². The van der Waals surface area contributed by atoms with E-state index in [1.54, 1.807) is 12.3 Å². The van der Waals surface area contributed by atoms with E-state index in [1.807, 2.05) is 42.5 Å². The Balaban J connectivity index is 1.52. The van der Waals surface area contributed by atoms with Crippen LogP contribution in [-0.2, 0) is 6.61 Å². The van der Waals surface area contributed by atoms with Crippen LogP contribution in [0.3, 0.4) is 0 Å². The van der Waals surface area contributed by atoms with E-state index in [2.05, 4.69) is 64.3 Å². The first-order valence-electron chi connectivity index (χ1n) is 8.48. The van der Waals surface area contributed by atoms with Crippen molar-refractivity contribution in [3.8, 4) is 5.75 Å². The van der Waals surface area contributed by atoms with Crippen molar-refractivity contribution in [2.75, 3.05) is 0 Å². The standard InChI is InChI=1S/C22H19IN2O2/c1-16-6-8-18(9-7-16)15-27-19-12-10-17(11-13-19)14-24-25-22(26)20-4-2-3-5-21(20)23/h2-14H,15H2,1H3,(H,25,26)/b24-14+. The van der Waals surface area contributed by atoms with Gasteiger partial charge < -0.3 is 4.74 Å². The van der Waals surface area contributed by atoms with Gasteiger partial charge in [0.05, 0.1) is 11.8 Å². The van der Waals surface area contributed by atoms with Gasteiger partial charge in [0.2, 0.25) is 0 Å². The molecule has 3 aromatic carbocycles. The van der Waals surface area contributed by atoms with Gasteiger partial charge in [0, 0.05) is 3.57 Å². The molecule has 0 aromatic heterocycles. The fourth-order valence-corrected chi connectivity index (χ4v) is 3.00. The number of ether oxygens (including phenoxy) is 1. The Morgan fingerprint density at radius 3 is 2.44 bits per heavy atom. The molecular formula is C22H19IN2O2. The highest BCUT2D eigenvalue weighted by atomic mass is 127. The van der Waals surface area contributed by atoms with Crippen LogP contribution in [0, 0.1) is 10.5 Å². The fraction of sp³-hybridized carbons (Fsp3) is 0.0909. The molecule has 0 aliphatic rings. The quantitative estimate of drug-likeness (QED) is 0.315. The van der Waals surface area contributed by atoms with Crippen molar-refractivity contribution in [1.29, 1.82) is 0 Å². The van der Waals surface area contributed by atoms with Crippen molar-refractivity contribution >= 4 is 34.7 Å². The second-order valence-corrected chi connectivity index (χ2v) is 7.18. The van der Waals surface area contributed by atoms with Crippen LogP contribution in [0.25, 0.3) is 0 Å². The molecule has 0 aliphatic heterocycles. The van der Waals surface area contributed by atoms with Crippen molar-refractivity contribution in [2.24, 2.45) is 5.10 Å². The number of hydrazone groups is 1. The van der Waals surface area contributed by atoms with Crippen LogP contribution < -0.4 is 10.2 Å². The van der Waals surface area contributed by atoms with Gasteiger partial charge in [-0.1, -0.05) is 42.0 Å². The van der Waals surface area contributed by atoms with Crippen LogP contribution in [0.2, 0.25) is 0 Å². The molecule has 0 saturated carbocycles. The number of hydrogen-bond acceptors (Lipinski definition) is 3. The van der Waals surface area contributed by atoms with E-state index in [0.29, 0.717) is 12.2 Å². The molecule has 0 bridgehead atoms. The van der Waals surface area contributed by atoms with Crippen LogP contribution in [-0.4, -0.2) is 12.1 Å². The molecule has 0 unspecified atom stereocenters. The van der Waals surface area contributed by atoms with Gasteiger partial charge in [0.15, 0.2) is 0 Å². The molecule has 136 valence electrons. The molecule has 0 radical (unpaired) electrons. The lowest BCUT2D eigenvalue weighted by Gasteiger charge is -2.07. The van der Waals surface area contributed by atoms with E-state index in [0.717, 1.165) is 20.4 Å². The second-order valence-electron chi connectivity index (χ2n) is 6.02. The minimum absolute atomic E-state index is 0.227. The number of aryl methyl sites for hydroxylation is 1. The molecule has 0 heterocycles. The van der Waals surface area contributed by atoms with Gasteiger partial charge in [-0.3, -0.25) is 4.79 Å². The summed E-state index contributed by atoms with van der Waals surface area (Å²) in [5.74, 6) is 0.560. The lowest BCUT2D eigenvalue weighted by Crippen LogP contribution is -2.18. The Bertz CT molecular complexity index is 935. The van der Waals surface area contributed by atoms with Crippen molar-refractivity contribution < 1.29 is 9.53 Å². The van der Waals surface area contributed by atoms with E-state index >= 15 is 0 Å². The third-order valence-electron chi connectivity index (χ3n) is 3.90. The number of amides is 1. The zero-order valence-corrected chi connectivity index (χ0v) is 17.0. The second kappa shape index (κ2) is 9.32. The molecule has 0 aliphatic carbocycles. The number of nitrogens with one attached hydrogen (secondary N) is 1. The Morgan fingerprint density at radius 2 is 1.74 bits per heavy atom. The van der Waals surface area contributed by atoms with Crippen molar-refractivity contribution in [1.82, 2.24) is 5.43 Å². The van der Waals surface area contributed by atoms with Crippen LogP contribution in [0.15, 0.2) is 77.9 Å². The zero-order valence-electron chi connectivity index (χ0n) is 14.9. The summed E-state index contributed by atoms with van der Waals surface area (Å²) in [6.45, 7) is 2.59. The third kappa shape index (κ3) is 5.65. The Kier molecular flexibility index (Phi) is 6.59. The van der Waals surface area contributed by atoms with E-state index in [4.69, 9.17) is 4.74 Å². The first-order valence-corrected chi connectivity index (χ1v) is 9.56. The normalized spacial score (nSPS) is 10.7. The molecule has 5 heteroatoms. The molecular weight excluding hydrogens is 451 g/mol. The highest BCUT2D eigenvalue weighted by molar-refractivity contribution is 14.1. The van der Waals surface area contributed by atoms with Gasteiger partial charge in [-0.2, -0.15) is 5.10 Å². The summed E-state index contributed by atoms with van der Waals surface area (Å²) >= 11 is 2.13. The Morgan fingerprint density at radius 1 is 1.04 bits per heavy atom.